The number of hydrogen-bond donors (Lipinski definition) is 1. The van der Waals surface area contributed by atoms with E-state index in [1.54, 1.807) is 30.3 Å². The number of rotatable bonds is 8. The lowest BCUT2D eigenvalue weighted by molar-refractivity contribution is 0.0714. The highest BCUT2D eigenvalue weighted by Crippen LogP contribution is 2.37. The highest BCUT2D eigenvalue weighted by atomic mass is 32.2. The number of primary amides is 1. The van der Waals surface area contributed by atoms with Crippen molar-refractivity contribution in [1.29, 1.82) is 0 Å². The van der Waals surface area contributed by atoms with Gasteiger partial charge in [0.1, 0.15) is 9.84 Å². The summed E-state index contributed by atoms with van der Waals surface area (Å²) in [6.45, 7) is 2.39. The minimum absolute atomic E-state index is 0.128. The van der Waals surface area contributed by atoms with Crippen LogP contribution in [-0.4, -0.2) is 50.9 Å². The standard InChI is InChI=1S/C21H24N2O6S/c1-4-29-18-10-13(8-9-17(18)28-2)16(12-30(3,26)27)23-11-14-6-5-7-15(20(22)24)19(14)21(23)25/h5-10,16H,4,11-12H2,1-3H3,(H2,22,24)/t16-/m1/s1. The van der Waals surface area contributed by atoms with Gasteiger partial charge in [0.2, 0.25) is 5.91 Å². The number of hydrogen-bond acceptors (Lipinski definition) is 6. The number of ether oxygens (including phenoxy) is 2. The Bertz CT molecular complexity index is 1100. The second kappa shape index (κ2) is 8.35. The van der Waals surface area contributed by atoms with Crippen molar-refractivity contribution in [3.8, 4) is 11.5 Å². The number of benzene rings is 2. The minimum Gasteiger partial charge on any atom is -0.493 e. The fraction of sp³-hybridized carbons (Fsp3) is 0.333. The zero-order valence-electron chi connectivity index (χ0n) is 17.0. The predicted molar refractivity (Wildman–Crippen MR) is 111 cm³/mol. The van der Waals surface area contributed by atoms with E-state index in [2.05, 4.69) is 0 Å². The van der Waals surface area contributed by atoms with Crippen LogP contribution < -0.4 is 15.2 Å². The first kappa shape index (κ1) is 21.6. The van der Waals surface area contributed by atoms with E-state index in [0.717, 1.165) is 6.26 Å². The van der Waals surface area contributed by atoms with Crippen molar-refractivity contribution in [2.45, 2.75) is 19.5 Å². The van der Waals surface area contributed by atoms with Gasteiger partial charge in [0.15, 0.2) is 11.5 Å². The van der Waals surface area contributed by atoms with Crippen LogP contribution in [0.2, 0.25) is 0 Å². The Labute approximate surface area is 175 Å². The van der Waals surface area contributed by atoms with Crippen LogP contribution >= 0.6 is 0 Å². The van der Waals surface area contributed by atoms with E-state index in [0.29, 0.717) is 29.2 Å². The van der Waals surface area contributed by atoms with Crippen molar-refractivity contribution < 1.29 is 27.5 Å². The van der Waals surface area contributed by atoms with Gasteiger partial charge in [-0.2, -0.15) is 0 Å². The molecule has 0 saturated heterocycles. The van der Waals surface area contributed by atoms with Gasteiger partial charge in [0.05, 0.1) is 36.6 Å². The summed E-state index contributed by atoms with van der Waals surface area (Å²) in [5, 5.41) is 0. The summed E-state index contributed by atoms with van der Waals surface area (Å²) >= 11 is 0. The van der Waals surface area contributed by atoms with Gasteiger partial charge in [-0.05, 0) is 36.2 Å². The lowest BCUT2D eigenvalue weighted by Gasteiger charge is -2.28. The summed E-state index contributed by atoms with van der Waals surface area (Å²) < 4.78 is 35.3. The van der Waals surface area contributed by atoms with Gasteiger partial charge >= 0.3 is 0 Å². The lowest BCUT2D eigenvalue weighted by Crippen LogP contribution is -2.34. The fourth-order valence-electron chi connectivity index (χ4n) is 3.66. The number of nitrogens with zero attached hydrogens (tertiary/aromatic N) is 1. The smallest absolute Gasteiger partial charge is 0.255 e. The van der Waals surface area contributed by atoms with Gasteiger partial charge in [0, 0.05) is 12.8 Å². The topological polar surface area (TPSA) is 116 Å². The Balaban J connectivity index is 2.08. The second-order valence-corrected chi connectivity index (χ2v) is 9.27. The molecule has 0 spiro atoms. The summed E-state index contributed by atoms with van der Waals surface area (Å²) in [6.07, 6.45) is 1.12. The maximum absolute atomic E-state index is 13.2. The molecule has 1 aliphatic heterocycles. The van der Waals surface area contributed by atoms with E-state index in [4.69, 9.17) is 15.2 Å². The number of sulfone groups is 1. The SMILES string of the molecule is CCOc1cc([C@@H](CS(C)(=O)=O)N2Cc3cccc(C(N)=O)c3C2=O)ccc1OC. The van der Waals surface area contributed by atoms with Crippen molar-refractivity contribution in [2.75, 3.05) is 25.7 Å². The highest BCUT2D eigenvalue weighted by Gasteiger charge is 2.37. The van der Waals surface area contributed by atoms with Gasteiger partial charge in [-0.25, -0.2) is 8.42 Å². The molecule has 0 unspecified atom stereocenters. The largest absolute Gasteiger partial charge is 0.493 e. The van der Waals surface area contributed by atoms with Gasteiger partial charge in [-0.15, -0.1) is 0 Å². The molecule has 2 aromatic carbocycles. The normalized spacial score (nSPS) is 14.4. The molecule has 30 heavy (non-hydrogen) atoms. The molecule has 2 aromatic rings. The molecule has 0 saturated carbocycles. The third-order valence-electron chi connectivity index (χ3n) is 4.94. The number of fused-ring (bicyclic) bond motifs is 1. The molecule has 2 amide bonds. The average Bonchev–Trinajstić information content (AvgIpc) is 3.02. The summed E-state index contributed by atoms with van der Waals surface area (Å²) in [4.78, 5) is 26.5. The third kappa shape index (κ3) is 4.25. The molecule has 0 aromatic heterocycles. The number of nitrogens with two attached hydrogens (primary N) is 1. The number of carbonyl (C=O) groups is 2. The monoisotopic (exact) mass is 432 g/mol. The molecule has 0 fully saturated rings. The predicted octanol–water partition coefficient (Wildman–Crippen LogP) is 1.93. The van der Waals surface area contributed by atoms with E-state index >= 15 is 0 Å². The van der Waals surface area contributed by atoms with Crippen LogP contribution in [0, 0.1) is 0 Å². The molecule has 1 heterocycles. The molecule has 1 aliphatic rings. The zero-order valence-corrected chi connectivity index (χ0v) is 17.9. The Morgan fingerprint density at radius 2 is 1.97 bits per heavy atom. The zero-order chi connectivity index (χ0) is 22.1. The maximum atomic E-state index is 13.2. The van der Waals surface area contributed by atoms with Crippen molar-refractivity contribution in [3.05, 3.63) is 58.7 Å². The quantitative estimate of drug-likeness (QED) is 0.681. The summed E-state index contributed by atoms with van der Waals surface area (Å²) in [5.41, 5.74) is 7.01. The first-order valence-electron chi connectivity index (χ1n) is 9.37. The molecule has 160 valence electrons. The molecule has 1 atom stereocenters. The maximum Gasteiger partial charge on any atom is 0.255 e. The Morgan fingerprint density at radius 1 is 1.23 bits per heavy atom. The molecule has 0 aliphatic carbocycles. The van der Waals surface area contributed by atoms with Crippen molar-refractivity contribution in [3.63, 3.8) is 0 Å². The van der Waals surface area contributed by atoms with Crippen LogP contribution in [-0.2, 0) is 16.4 Å². The second-order valence-electron chi connectivity index (χ2n) is 7.09. The van der Waals surface area contributed by atoms with E-state index < -0.39 is 27.7 Å². The Morgan fingerprint density at radius 3 is 2.57 bits per heavy atom. The van der Waals surface area contributed by atoms with Crippen molar-refractivity contribution in [1.82, 2.24) is 4.90 Å². The first-order chi connectivity index (χ1) is 14.2. The van der Waals surface area contributed by atoms with E-state index in [1.807, 2.05) is 6.92 Å². The molecule has 9 heteroatoms. The van der Waals surface area contributed by atoms with E-state index in [1.165, 1.54) is 18.1 Å². The lowest BCUT2D eigenvalue weighted by atomic mass is 10.0. The number of methoxy groups -OCH3 is 1. The van der Waals surface area contributed by atoms with Crippen LogP contribution in [0.4, 0.5) is 0 Å². The molecule has 8 nitrogen and oxygen atoms in total. The van der Waals surface area contributed by atoms with Crippen LogP contribution in [0.15, 0.2) is 36.4 Å². The van der Waals surface area contributed by atoms with Gasteiger partial charge < -0.3 is 20.1 Å². The van der Waals surface area contributed by atoms with Crippen LogP contribution in [0.5, 0.6) is 11.5 Å². The summed E-state index contributed by atoms with van der Waals surface area (Å²) in [7, 11) is -1.93. The number of carbonyl (C=O) groups excluding carboxylic acids is 2. The molecular formula is C21H24N2O6S. The molecule has 3 rings (SSSR count). The molecule has 0 radical (unpaired) electrons. The molecule has 0 bridgehead atoms. The molecule has 2 N–H and O–H groups in total. The summed E-state index contributed by atoms with van der Waals surface area (Å²) in [5.74, 6) is -0.452. The minimum atomic E-state index is -3.44. The van der Waals surface area contributed by atoms with E-state index in [-0.39, 0.29) is 23.4 Å². The van der Waals surface area contributed by atoms with Crippen LogP contribution in [0.1, 0.15) is 44.8 Å². The average molecular weight is 432 g/mol. The van der Waals surface area contributed by atoms with Crippen LogP contribution in [0.3, 0.4) is 0 Å². The van der Waals surface area contributed by atoms with Crippen LogP contribution in [0.25, 0.3) is 0 Å². The van der Waals surface area contributed by atoms with Gasteiger partial charge in [0.25, 0.3) is 5.91 Å². The highest BCUT2D eigenvalue weighted by molar-refractivity contribution is 7.90. The Kier molecular flexibility index (Phi) is 6.02. The third-order valence-corrected chi connectivity index (χ3v) is 5.86. The van der Waals surface area contributed by atoms with Gasteiger partial charge in [-0.1, -0.05) is 18.2 Å². The summed E-state index contributed by atoms with van der Waals surface area (Å²) in [6, 6.07) is 9.18. The van der Waals surface area contributed by atoms with Crippen molar-refractivity contribution >= 4 is 21.7 Å². The Hall–Kier alpha value is -3.07. The van der Waals surface area contributed by atoms with E-state index in [9.17, 15) is 18.0 Å². The van der Waals surface area contributed by atoms with Crippen molar-refractivity contribution in [2.24, 2.45) is 5.73 Å². The molecular weight excluding hydrogens is 408 g/mol. The fourth-order valence-corrected chi connectivity index (χ4v) is 4.61. The van der Waals surface area contributed by atoms with Gasteiger partial charge in [-0.3, -0.25) is 9.59 Å². The number of amides is 2. The first-order valence-corrected chi connectivity index (χ1v) is 11.4.